The van der Waals surface area contributed by atoms with Crippen molar-refractivity contribution in [3.8, 4) is 0 Å². The number of anilines is 2. The number of amides is 1. The van der Waals surface area contributed by atoms with Crippen LogP contribution in [0.3, 0.4) is 0 Å². The Balaban J connectivity index is 1.51. The summed E-state index contributed by atoms with van der Waals surface area (Å²) in [7, 11) is -2.06. The van der Waals surface area contributed by atoms with Gasteiger partial charge in [-0.2, -0.15) is 0 Å². The van der Waals surface area contributed by atoms with E-state index in [1.165, 1.54) is 17.8 Å². The van der Waals surface area contributed by atoms with E-state index in [9.17, 15) is 13.2 Å². The molecule has 1 aliphatic carbocycles. The lowest BCUT2D eigenvalue weighted by Crippen LogP contribution is -2.42. The van der Waals surface area contributed by atoms with Gasteiger partial charge in [-0.25, -0.2) is 18.2 Å². The average molecular weight is 509 g/mol. The molecule has 36 heavy (non-hydrogen) atoms. The third-order valence-corrected chi connectivity index (χ3v) is 9.73. The fourth-order valence-corrected chi connectivity index (χ4v) is 7.88. The second kappa shape index (κ2) is 8.80. The van der Waals surface area contributed by atoms with Crippen molar-refractivity contribution in [3.63, 3.8) is 0 Å². The van der Waals surface area contributed by atoms with Gasteiger partial charge in [-0.3, -0.25) is 9.21 Å². The molecule has 1 amide bonds. The van der Waals surface area contributed by atoms with Gasteiger partial charge in [-0.1, -0.05) is 37.5 Å². The second-order valence-electron chi connectivity index (χ2n) is 10.2. The van der Waals surface area contributed by atoms with Gasteiger partial charge in [0.2, 0.25) is 10.0 Å². The topological polar surface area (TPSA) is 84.7 Å². The molecule has 0 N–H and O–H groups in total. The van der Waals surface area contributed by atoms with Crippen LogP contribution in [0.5, 0.6) is 0 Å². The van der Waals surface area contributed by atoms with Crippen molar-refractivity contribution in [1.82, 2.24) is 9.55 Å². The summed E-state index contributed by atoms with van der Waals surface area (Å²) in [6.07, 6.45) is 6.94. The van der Waals surface area contributed by atoms with Crippen LogP contribution < -0.4 is 9.21 Å². The minimum Gasteiger partial charge on any atom is -0.452 e. The number of aryl methyl sites for hydroxylation is 1. The van der Waals surface area contributed by atoms with Gasteiger partial charge in [0.15, 0.2) is 0 Å². The maximum absolute atomic E-state index is 13.2. The summed E-state index contributed by atoms with van der Waals surface area (Å²) in [6.45, 7) is 2.24. The lowest BCUT2D eigenvalue weighted by molar-refractivity contribution is 0.175. The van der Waals surface area contributed by atoms with E-state index in [1.807, 2.05) is 37.3 Å². The van der Waals surface area contributed by atoms with E-state index in [0.29, 0.717) is 0 Å². The fraction of sp³-hybridized carbons (Fsp3) is 0.481. The Morgan fingerprint density at radius 1 is 1.06 bits per heavy atom. The van der Waals surface area contributed by atoms with Crippen LogP contribution in [0.25, 0.3) is 11.0 Å². The first-order valence-electron chi connectivity index (χ1n) is 12.9. The normalized spacial score (nSPS) is 21.4. The van der Waals surface area contributed by atoms with Crippen molar-refractivity contribution >= 4 is 38.5 Å². The number of sulfonamides is 1. The molecule has 0 radical (unpaired) electrons. The standard InChI is InChI=1S/C27H32N4O4S/c1-18-12-13-21-23(30(18)27(32)35-2)14-15-24-26(21)28-25(31(24)20-9-4-3-5-10-20)16-29-22-11-7-6-8-19(22)17-36(29,33)34/h6-8,11,14-15,18,20H,3-5,9-10,12-13,16-17H2,1-2H3/t18-/m0/s1. The van der Waals surface area contributed by atoms with Gasteiger partial charge in [-0.15, -0.1) is 0 Å². The summed E-state index contributed by atoms with van der Waals surface area (Å²) in [6, 6.07) is 11.9. The van der Waals surface area contributed by atoms with Gasteiger partial charge in [0.05, 0.1) is 41.8 Å². The van der Waals surface area contributed by atoms with Crippen LogP contribution in [-0.4, -0.2) is 37.2 Å². The average Bonchev–Trinajstić information content (AvgIpc) is 3.38. The minimum absolute atomic E-state index is 0.0220. The summed E-state index contributed by atoms with van der Waals surface area (Å²) in [5.74, 6) is 0.794. The van der Waals surface area contributed by atoms with Crippen LogP contribution in [0.1, 0.15) is 68.4 Å². The molecule has 1 fully saturated rings. The summed E-state index contributed by atoms with van der Waals surface area (Å²) < 4.78 is 35.3. The minimum atomic E-state index is -3.47. The Hall–Kier alpha value is -3.07. The van der Waals surface area contributed by atoms with Crippen molar-refractivity contribution in [2.24, 2.45) is 0 Å². The van der Waals surface area contributed by atoms with Crippen molar-refractivity contribution < 1.29 is 17.9 Å². The number of hydrogen-bond acceptors (Lipinski definition) is 5. The predicted molar refractivity (Wildman–Crippen MR) is 140 cm³/mol. The highest BCUT2D eigenvalue weighted by Gasteiger charge is 2.36. The predicted octanol–water partition coefficient (Wildman–Crippen LogP) is 5.30. The number of fused-ring (bicyclic) bond motifs is 4. The number of nitrogens with zero attached hydrogens (tertiary/aromatic N) is 4. The van der Waals surface area contributed by atoms with Crippen LogP contribution >= 0.6 is 0 Å². The number of carbonyl (C=O) groups is 1. The van der Waals surface area contributed by atoms with Gasteiger partial charge in [0.1, 0.15) is 5.82 Å². The molecule has 3 aliphatic rings. The molecule has 3 heterocycles. The molecule has 1 atom stereocenters. The summed E-state index contributed by atoms with van der Waals surface area (Å²) in [5, 5.41) is 0. The Morgan fingerprint density at radius 2 is 1.83 bits per heavy atom. The van der Waals surface area contributed by atoms with Crippen molar-refractivity contribution in [2.75, 3.05) is 16.3 Å². The molecular weight excluding hydrogens is 476 g/mol. The first kappa shape index (κ1) is 23.3. The van der Waals surface area contributed by atoms with Gasteiger partial charge in [0.25, 0.3) is 0 Å². The number of methoxy groups -OCH3 is 1. The monoisotopic (exact) mass is 508 g/mol. The SMILES string of the molecule is COC(=O)N1c2ccc3c(nc(CN4c5ccccc5CS4(=O)=O)n3C3CCCCC3)c2CC[C@@H]1C. The molecular formula is C27H32N4O4S. The van der Waals surface area contributed by atoms with Crippen LogP contribution in [0, 0.1) is 0 Å². The molecule has 2 aromatic carbocycles. The number of benzene rings is 2. The maximum atomic E-state index is 13.2. The molecule has 0 bridgehead atoms. The van der Waals surface area contributed by atoms with E-state index in [1.54, 1.807) is 4.90 Å². The van der Waals surface area contributed by atoms with Crippen molar-refractivity contribution in [1.29, 1.82) is 0 Å². The molecule has 3 aromatic rings. The number of ether oxygens (including phenoxy) is 1. The summed E-state index contributed by atoms with van der Waals surface area (Å²) in [5.41, 5.74) is 5.35. The quantitative estimate of drug-likeness (QED) is 0.479. The highest BCUT2D eigenvalue weighted by atomic mass is 32.2. The maximum Gasteiger partial charge on any atom is 0.414 e. The summed E-state index contributed by atoms with van der Waals surface area (Å²) >= 11 is 0. The largest absolute Gasteiger partial charge is 0.452 e. The molecule has 2 aliphatic heterocycles. The van der Waals surface area contributed by atoms with Crippen LogP contribution in [-0.2, 0) is 33.5 Å². The third-order valence-electron chi connectivity index (χ3n) is 8.06. The van der Waals surface area contributed by atoms with E-state index in [4.69, 9.17) is 9.72 Å². The zero-order chi connectivity index (χ0) is 25.0. The molecule has 6 rings (SSSR count). The van der Waals surface area contributed by atoms with Crippen molar-refractivity contribution in [3.05, 3.63) is 53.3 Å². The van der Waals surface area contributed by atoms with Crippen LogP contribution in [0.15, 0.2) is 36.4 Å². The van der Waals surface area contributed by atoms with E-state index >= 15 is 0 Å². The summed E-state index contributed by atoms with van der Waals surface area (Å²) in [4.78, 5) is 19.5. The smallest absolute Gasteiger partial charge is 0.414 e. The van der Waals surface area contributed by atoms with Gasteiger partial charge in [-0.05, 0) is 56.4 Å². The molecule has 1 aromatic heterocycles. The number of imidazole rings is 1. The van der Waals surface area contributed by atoms with E-state index in [2.05, 4.69) is 10.6 Å². The van der Waals surface area contributed by atoms with Gasteiger partial charge < -0.3 is 9.30 Å². The third kappa shape index (κ3) is 3.67. The molecule has 9 heteroatoms. The molecule has 8 nitrogen and oxygen atoms in total. The van der Waals surface area contributed by atoms with Crippen molar-refractivity contribution in [2.45, 2.75) is 76.3 Å². The van der Waals surface area contributed by atoms with E-state index < -0.39 is 10.0 Å². The highest BCUT2D eigenvalue weighted by molar-refractivity contribution is 7.92. The molecule has 0 spiro atoms. The molecule has 190 valence electrons. The van der Waals surface area contributed by atoms with Gasteiger partial charge in [0, 0.05) is 17.6 Å². The highest BCUT2D eigenvalue weighted by Crippen LogP contribution is 2.41. The lowest BCUT2D eigenvalue weighted by Gasteiger charge is -2.34. The number of para-hydroxylation sites is 1. The number of rotatable bonds is 3. The van der Waals surface area contributed by atoms with Crippen LogP contribution in [0.2, 0.25) is 0 Å². The zero-order valence-corrected chi connectivity index (χ0v) is 21.6. The Labute approximate surface area is 211 Å². The number of aromatic nitrogens is 2. The fourth-order valence-electron chi connectivity index (χ4n) is 6.29. The molecule has 0 unspecified atom stereocenters. The van der Waals surface area contributed by atoms with E-state index in [-0.39, 0.29) is 30.5 Å². The molecule has 0 saturated heterocycles. The Bertz CT molecular complexity index is 1440. The lowest BCUT2D eigenvalue weighted by atomic mass is 9.94. The second-order valence-corrected chi connectivity index (χ2v) is 12.1. The number of carbonyl (C=O) groups excluding carboxylic acids is 1. The number of hydrogen-bond donors (Lipinski definition) is 0. The first-order chi connectivity index (χ1) is 17.4. The van der Waals surface area contributed by atoms with Gasteiger partial charge >= 0.3 is 6.09 Å². The first-order valence-corrected chi connectivity index (χ1v) is 14.5. The zero-order valence-electron chi connectivity index (χ0n) is 20.8. The van der Waals surface area contributed by atoms with E-state index in [0.717, 1.165) is 77.9 Å². The van der Waals surface area contributed by atoms with Crippen LogP contribution in [0.4, 0.5) is 16.2 Å². The molecule has 1 saturated carbocycles. The Morgan fingerprint density at radius 3 is 2.61 bits per heavy atom. The Kier molecular flexibility index (Phi) is 5.70.